The molecular formula is C11H15F3N2OS. The van der Waals surface area contributed by atoms with Gasteiger partial charge < -0.3 is 10.1 Å². The number of alkyl halides is 3. The molecule has 7 heteroatoms. The molecule has 1 aliphatic rings. The second-order valence-electron chi connectivity index (χ2n) is 4.26. The van der Waals surface area contributed by atoms with Crippen molar-refractivity contribution in [2.45, 2.75) is 38.1 Å². The summed E-state index contributed by atoms with van der Waals surface area (Å²) in [5.74, 6) is 0. The van der Waals surface area contributed by atoms with Crippen molar-refractivity contribution in [3.63, 3.8) is 0 Å². The number of ether oxygens (including phenoxy) is 1. The number of rotatable bonds is 4. The Morgan fingerprint density at radius 1 is 1.50 bits per heavy atom. The molecule has 2 rings (SSSR count). The average molecular weight is 280 g/mol. The van der Waals surface area contributed by atoms with E-state index in [-0.39, 0.29) is 12.6 Å². The van der Waals surface area contributed by atoms with E-state index in [0.717, 1.165) is 25.0 Å². The Kier molecular flexibility index (Phi) is 4.24. The summed E-state index contributed by atoms with van der Waals surface area (Å²) in [5.41, 5.74) is 0.986. The van der Waals surface area contributed by atoms with Crippen LogP contribution >= 0.6 is 11.3 Å². The molecule has 1 atom stereocenters. The van der Waals surface area contributed by atoms with Crippen LogP contribution in [-0.4, -0.2) is 24.8 Å². The molecule has 1 N–H and O–H groups in total. The lowest BCUT2D eigenvalue weighted by atomic mass is 9.98. The maximum Gasteiger partial charge on any atom is 0.411 e. The zero-order valence-corrected chi connectivity index (χ0v) is 10.8. The number of thiazole rings is 1. The number of halogens is 3. The highest BCUT2D eigenvalue weighted by Crippen LogP contribution is 2.33. The minimum absolute atomic E-state index is 0.0619. The Morgan fingerprint density at radius 3 is 2.94 bits per heavy atom. The molecule has 3 nitrogen and oxygen atoms in total. The van der Waals surface area contributed by atoms with Crippen LogP contribution in [0.2, 0.25) is 0 Å². The van der Waals surface area contributed by atoms with Gasteiger partial charge in [0.1, 0.15) is 11.6 Å². The quantitative estimate of drug-likeness (QED) is 0.921. The number of hydrogen-bond acceptors (Lipinski definition) is 4. The highest BCUT2D eigenvalue weighted by Gasteiger charge is 2.28. The summed E-state index contributed by atoms with van der Waals surface area (Å²) in [6.07, 6.45) is -1.20. The average Bonchev–Trinajstić information content (AvgIpc) is 2.69. The van der Waals surface area contributed by atoms with Gasteiger partial charge >= 0.3 is 6.18 Å². The summed E-state index contributed by atoms with van der Waals surface area (Å²) < 4.78 is 40.5. The zero-order valence-electron chi connectivity index (χ0n) is 10.0. The van der Waals surface area contributed by atoms with Gasteiger partial charge in [-0.3, -0.25) is 0 Å². The van der Waals surface area contributed by atoms with E-state index in [2.05, 4.69) is 15.0 Å². The van der Waals surface area contributed by atoms with Crippen molar-refractivity contribution in [3.8, 4) is 0 Å². The Hall–Kier alpha value is -0.660. The molecule has 18 heavy (non-hydrogen) atoms. The van der Waals surface area contributed by atoms with Gasteiger partial charge in [0.2, 0.25) is 0 Å². The van der Waals surface area contributed by atoms with Crippen LogP contribution < -0.4 is 5.32 Å². The van der Waals surface area contributed by atoms with E-state index in [9.17, 15) is 13.2 Å². The highest BCUT2D eigenvalue weighted by atomic mass is 32.1. The van der Waals surface area contributed by atoms with Gasteiger partial charge in [-0.15, -0.1) is 11.3 Å². The van der Waals surface area contributed by atoms with Crippen molar-refractivity contribution in [2.75, 3.05) is 13.7 Å². The lowest BCUT2D eigenvalue weighted by molar-refractivity contribution is -0.176. The first-order valence-corrected chi connectivity index (χ1v) is 6.61. The van der Waals surface area contributed by atoms with E-state index in [4.69, 9.17) is 0 Å². The first kappa shape index (κ1) is 13.8. The summed E-state index contributed by atoms with van der Waals surface area (Å²) >= 11 is 1.46. The summed E-state index contributed by atoms with van der Waals surface area (Å²) in [6, 6.07) is 0.223. The maximum absolute atomic E-state index is 11.9. The van der Waals surface area contributed by atoms with Crippen molar-refractivity contribution >= 4 is 11.3 Å². The van der Waals surface area contributed by atoms with Crippen LogP contribution in [0, 0.1) is 0 Å². The number of aryl methyl sites for hydroxylation is 1. The topological polar surface area (TPSA) is 34.1 Å². The molecule has 1 aromatic heterocycles. The summed E-state index contributed by atoms with van der Waals surface area (Å²) in [5, 5.41) is 3.81. The molecule has 1 unspecified atom stereocenters. The lowest BCUT2D eigenvalue weighted by Crippen LogP contribution is -2.21. The van der Waals surface area contributed by atoms with E-state index in [0.29, 0.717) is 5.01 Å². The molecule has 0 radical (unpaired) electrons. The molecule has 0 bridgehead atoms. The molecule has 0 spiro atoms. The van der Waals surface area contributed by atoms with Gasteiger partial charge in [0.25, 0.3) is 0 Å². The summed E-state index contributed by atoms with van der Waals surface area (Å²) in [7, 11) is 1.87. The molecule has 1 aromatic rings. The number of nitrogens with zero attached hydrogens (tertiary/aromatic N) is 1. The lowest BCUT2D eigenvalue weighted by Gasteiger charge is -2.19. The first-order valence-electron chi connectivity index (χ1n) is 5.80. The monoisotopic (exact) mass is 280 g/mol. The van der Waals surface area contributed by atoms with Crippen molar-refractivity contribution < 1.29 is 17.9 Å². The molecule has 0 saturated heterocycles. The van der Waals surface area contributed by atoms with Gasteiger partial charge in [-0.1, -0.05) is 0 Å². The third-order valence-electron chi connectivity index (χ3n) is 2.84. The van der Waals surface area contributed by atoms with E-state index in [1.807, 2.05) is 7.05 Å². The Balaban J connectivity index is 1.97. The Bertz CT molecular complexity index is 405. The van der Waals surface area contributed by atoms with Crippen LogP contribution in [0.5, 0.6) is 0 Å². The molecular weight excluding hydrogens is 265 g/mol. The van der Waals surface area contributed by atoms with Gasteiger partial charge in [0.05, 0.1) is 18.3 Å². The van der Waals surface area contributed by atoms with Crippen LogP contribution in [0.1, 0.15) is 34.5 Å². The fourth-order valence-electron chi connectivity index (χ4n) is 2.07. The highest BCUT2D eigenvalue weighted by molar-refractivity contribution is 7.11. The summed E-state index contributed by atoms with van der Waals surface area (Å²) in [6.45, 7) is -1.28. The number of fused-ring (bicyclic) bond motifs is 1. The number of hydrogen-bond donors (Lipinski definition) is 1. The van der Waals surface area contributed by atoms with Gasteiger partial charge in [-0.25, -0.2) is 4.98 Å². The normalized spacial score (nSPS) is 19.9. The molecule has 102 valence electrons. The van der Waals surface area contributed by atoms with E-state index in [1.165, 1.54) is 16.2 Å². The second kappa shape index (κ2) is 5.54. The van der Waals surface area contributed by atoms with Crippen LogP contribution in [-0.2, 0) is 17.8 Å². The first-order chi connectivity index (χ1) is 8.49. The fourth-order valence-corrected chi connectivity index (χ4v) is 3.18. The molecule has 0 saturated carbocycles. The molecule has 0 fully saturated rings. The van der Waals surface area contributed by atoms with Crippen LogP contribution in [0.4, 0.5) is 13.2 Å². The van der Waals surface area contributed by atoms with E-state index < -0.39 is 12.8 Å². The molecule has 0 amide bonds. The summed E-state index contributed by atoms with van der Waals surface area (Å²) in [4.78, 5) is 5.56. The predicted octanol–water partition coefficient (Wildman–Crippen LogP) is 2.82. The molecule has 0 aromatic carbocycles. The van der Waals surface area contributed by atoms with Gasteiger partial charge in [-0.2, -0.15) is 13.2 Å². The van der Waals surface area contributed by atoms with Crippen molar-refractivity contribution in [1.29, 1.82) is 0 Å². The third kappa shape index (κ3) is 3.43. The standard InChI is InChI=1S/C11H15F3N2OS/c1-15-7-3-2-4-8-10(7)16-9(18-8)5-17-6-11(12,13)14/h7,15H,2-6H2,1H3. The van der Waals surface area contributed by atoms with E-state index in [1.54, 1.807) is 0 Å². The number of nitrogens with one attached hydrogen (secondary N) is 1. The van der Waals surface area contributed by atoms with Gasteiger partial charge in [0, 0.05) is 4.88 Å². The Morgan fingerprint density at radius 2 is 2.28 bits per heavy atom. The minimum Gasteiger partial charge on any atom is -0.365 e. The van der Waals surface area contributed by atoms with Gasteiger partial charge in [0.15, 0.2) is 0 Å². The van der Waals surface area contributed by atoms with Crippen LogP contribution in [0.15, 0.2) is 0 Å². The second-order valence-corrected chi connectivity index (χ2v) is 5.43. The minimum atomic E-state index is -4.27. The predicted molar refractivity (Wildman–Crippen MR) is 62.6 cm³/mol. The van der Waals surface area contributed by atoms with Crippen LogP contribution in [0.25, 0.3) is 0 Å². The maximum atomic E-state index is 11.9. The Labute approximate surface area is 107 Å². The fraction of sp³-hybridized carbons (Fsp3) is 0.727. The van der Waals surface area contributed by atoms with Crippen molar-refractivity contribution in [1.82, 2.24) is 10.3 Å². The van der Waals surface area contributed by atoms with Crippen LogP contribution in [0.3, 0.4) is 0 Å². The number of aromatic nitrogens is 1. The third-order valence-corrected chi connectivity index (χ3v) is 3.94. The molecule has 1 heterocycles. The van der Waals surface area contributed by atoms with Crippen molar-refractivity contribution in [3.05, 3.63) is 15.6 Å². The largest absolute Gasteiger partial charge is 0.411 e. The zero-order chi connectivity index (χ0) is 13.2. The van der Waals surface area contributed by atoms with Crippen molar-refractivity contribution in [2.24, 2.45) is 0 Å². The SMILES string of the molecule is CNC1CCCc2sc(COCC(F)(F)F)nc21. The smallest absolute Gasteiger partial charge is 0.365 e. The van der Waals surface area contributed by atoms with Gasteiger partial charge in [-0.05, 0) is 26.3 Å². The van der Waals surface area contributed by atoms with E-state index >= 15 is 0 Å². The molecule has 0 aliphatic heterocycles. The molecule has 1 aliphatic carbocycles.